The van der Waals surface area contributed by atoms with Gasteiger partial charge in [-0.25, -0.2) is 19.3 Å². The standard InChI is InChI=1S/C24H28FN7O3S/c1-35-20-3-2-18-21(32-20)16(17(25)11-27-18)10-26-14-4-6-24(13-33,7-5-14)29-9-15-8-28-23-22(30-15)31-19(34)12-36-23/h2-3,8,11,14,26,29,33H,4-7,9-10,12-13H2,1H3,(H,30,31,34). The number of fused-ring (bicyclic) bond motifs is 2. The van der Waals surface area contributed by atoms with Gasteiger partial charge in [-0.2, -0.15) is 0 Å². The van der Waals surface area contributed by atoms with Crippen LogP contribution in [0.2, 0.25) is 0 Å². The van der Waals surface area contributed by atoms with Crippen LogP contribution in [0.25, 0.3) is 11.0 Å². The maximum Gasteiger partial charge on any atom is 0.236 e. The third-order valence-electron chi connectivity index (χ3n) is 6.79. The van der Waals surface area contributed by atoms with E-state index in [1.54, 1.807) is 18.3 Å². The molecule has 4 N–H and O–H groups in total. The number of aliphatic hydroxyl groups excluding tert-OH is 1. The lowest BCUT2D eigenvalue weighted by molar-refractivity contribution is -0.113. The summed E-state index contributed by atoms with van der Waals surface area (Å²) in [4.78, 5) is 29.1. The van der Waals surface area contributed by atoms with Crippen molar-refractivity contribution < 1.29 is 19.0 Å². The van der Waals surface area contributed by atoms with Crippen molar-refractivity contribution in [3.8, 4) is 5.88 Å². The molecule has 0 aromatic carbocycles. The number of anilines is 1. The first kappa shape index (κ1) is 24.8. The molecule has 3 aromatic rings. The molecular formula is C24H28FN7O3S. The monoisotopic (exact) mass is 513 g/mol. The van der Waals surface area contributed by atoms with Crippen molar-refractivity contribution in [1.82, 2.24) is 30.6 Å². The van der Waals surface area contributed by atoms with Crippen molar-refractivity contribution in [3.05, 3.63) is 41.6 Å². The number of hydrogen-bond acceptors (Lipinski definition) is 10. The van der Waals surface area contributed by atoms with E-state index in [1.807, 2.05) is 0 Å². The number of pyridine rings is 2. The largest absolute Gasteiger partial charge is 0.481 e. The maximum absolute atomic E-state index is 14.6. The molecule has 2 aliphatic rings. The SMILES string of the molecule is COc1ccc2ncc(F)c(CNC3CCC(CO)(NCc4cnc5c(n4)NC(=O)CS5)CC3)c2n1. The van der Waals surface area contributed by atoms with Gasteiger partial charge in [0.05, 0.1) is 43.1 Å². The van der Waals surface area contributed by atoms with Crippen LogP contribution in [0.1, 0.15) is 36.9 Å². The van der Waals surface area contributed by atoms with Crippen LogP contribution in [0.4, 0.5) is 10.2 Å². The minimum atomic E-state index is -0.433. The zero-order valence-electron chi connectivity index (χ0n) is 19.9. The fourth-order valence-corrected chi connectivity index (χ4v) is 5.34. The number of amides is 1. The van der Waals surface area contributed by atoms with E-state index in [0.29, 0.717) is 57.9 Å². The van der Waals surface area contributed by atoms with Crippen LogP contribution >= 0.6 is 11.8 Å². The summed E-state index contributed by atoms with van der Waals surface area (Å²) in [6.45, 7) is 0.753. The number of nitrogens with zero attached hydrogens (tertiary/aromatic N) is 4. The second-order valence-electron chi connectivity index (χ2n) is 9.11. The van der Waals surface area contributed by atoms with Crippen molar-refractivity contribution in [2.75, 3.05) is 24.8 Å². The van der Waals surface area contributed by atoms with Crippen LogP contribution in [-0.4, -0.2) is 62.0 Å². The number of aromatic nitrogens is 4. The first-order valence-electron chi connectivity index (χ1n) is 11.8. The predicted molar refractivity (Wildman–Crippen MR) is 133 cm³/mol. The summed E-state index contributed by atoms with van der Waals surface area (Å²) in [6.07, 6.45) is 6.05. The summed E-state index contributed by atoms with van der Waals surface area (Å²) >= 11 is 1.37. The van der Waals surface area contributed by atoms with Crippen LogP contribution in [-0.2, 0) is 17.9 Å². The maximum atomic E-state index is 14.6. The third kappa shape index (κ3) is 5.26. The van der Waals surface area contributed by atoms with E-state index in [4.69, 9.17) is 4.74 Å². The number of carbonyl (C=O) groups excluding carboxylic acids is 1. The van der Waals surface area contributed by atoms with Gasteiger partial charge in [-0.3, -0.25) is 9.78 Å². The normalized spacial score (nSPS) is 21.8. The second kappa shape index (κ2) is 10.6. The number of thioether (sulfide) groups is 1. The molecule has 4 heterocycles. The number of halogens is 1. The Hall–Kier alpha value is -2.93. The molecule has 36 heavy (non-hydrogen) atoms. The molecular weight excluding hydrogens is 485 g/mol. The van der Waals surface area contributed by atoms with Crippen molar-refractivity contribution in [3.63, 3.8) is 0 Å². The van der Waals surface area contributed by atoms with Gasteiger partial charge < -0.3 is 25.8 Å². The van der Waals surface area contributed by atoms with E-state index in [-0.39, 0.29) is 18.6 Å². The molecule has 0 unspecified atom stereocenters. The van der Waals surface area contributed by atoms with Gasteiger partial charge in [0.1, 0.15) is 16.4 Å². The Kier molecular flexibility index (Phi) is 7.28. The molecule has 1 amide bonds. The predicted octanol–water partition coefficient (Wildman–Crippen LogP) is 2.16. The zero-order chi connectivity index (χ0) is 25.1. The molecule has 1 saturated carbocycles. The highest BCUT2D eigenvalue weighted by Gasteiger charge is 2.34. The second-order valence-corrected chi connectivity index (χ2v) is 10.1. The number of nitrogens with one attached hydrogen (secondary N) is 3. The highest BCUT2D eigenvalue weighted by Crippen LogP contribution is 2.30. The van der Waals surface area contributed by atoms with E-state index in [1.165, 1.54) is 25.1 Å². The van der Waals surface area contributed by atoms with Crippen molar-refractivity contribution in [2.24, 2.45) is 0 Å². The van der Waals surface area contributed by atoms with Gasteiger partial charge in [0.25, 0.3) is 0 Å². The number of aliphatic hydroxyl groups is 1. The molecule has 5 rings (SSSR count). The molecule has 12 heteroatoms. The summed E-state index contributed by atoms with van der Waals surface area (Å²) in [5.74, 6) is 0.760. The number of carbonyl (C=O) groups is 1. The Balaban J connectivity index is 1.19. The summed E-state index contributed by atoms with van der Waals surface area (Å²) in [7, 11) is 1.53. The minimum Gasteiger partial charge on any atom is -0.481 e. The molecule has 0 radical (unpaired) electrons. The smallest absolute Gasteiger partial charge is 0.236 e. The summed E-state index contributed by atoms with van der Waals surface area (Å²) < 4.78 is 19.8. The van der Waals surface area contributed by atoms with Crippen molar-refractivity contribution in [1.29, 1.82) is 0 Å². The molecule has 0 saturated heterocycles. The van der Waals surface area contributed by atoms with Crippen LogP contribution in [0, 0.1) is 5.82 Å². The topological polar surface area (TPSA) is 134 Å². The molecule has 1 aliphatic heterocycles. The van der Waals surface area contributed by atoms with E-state index >= 15 is 0 Å². The van der Waals surface area contributed by atoms with Crippen LogP contribution in [0.15, 0.2) is 29.6 Å². The van der Waals surface area contributed by atoms with E-state index in [2.05, 4.69) is 35.9 Å². The third-order valence-corrected chi connectivity index (χ3v) is 7.77. The van der Waals surface area contributed by atoms with Gasteiger partial charge in [-0.05, 0) is 31.7 Å². The Labute approximate surface area is 211 Å². The minimum absolute atomic E-state index is 0.00197. The Morgan fingerprint density at radius 2 is 2.06 bits per heavy atom. The van der Waals surface area contributed by atoms with E-state index < -0.39 is 11.4 Å². The summed E-state index contributed by atoms with van der Waals surface area (Å²) in [6, 6.07) is 3.65. The average molecular weight is 514 g/mol. The fraction of sp³-hybridized carbons (Fsp3) is 0.458. The van der Waals surface area contributed by atoms with E-state index in [0.717, 1.165) is 25.7 Å². The van der Waals surface area contributed by atoms with Gasteiger partial charge in [0.15, 0.2) is 5.82 Å². The fourth-order valence-electron chi connectivity index (χ4n) is 4.64. The lowest BCUT2D eigenvalue weighted by Gasteiger charge is -2.40. The lowest BCUT2D eigenvalue weighted by atomic mass is 9.79. The quantitative estimate of drug-likeness (QED) is 0.355. The van der Waals surface area contributed by atoms with Crippen molar-refractivity contribution in [2.45, 2.75) is 55.4 Å². The summed E-state index contributed by atoms with van der Waals surface area (Å²) in [5.41, 5.74) is 1.84. The molecule has 0 bridgehead atoms. The Bertz CT molecular complexity index is 1270. The average Bonchev–Trinajstić information content (AvgIpc) is 2.91. The Morgan fingerprint density at radius 3 is 2.83 bits per heavy atom. The van der Waals surface area contributed by atoms with Gasteiger partial charge in [0.2, 0.25) is 11.8 Å². The van der Waals surface area contributed by atoms with E-state index in [9.17, 15) is 14.3 Å². The van der Waals surface area contributed by atoms with Crippen LogP contribution < -0.4 is 20.7 Å². The number of ether oxygens (including phenoxy) is 1. The molecule has 3 aromatic heterocycles. The first-order chi connectivity index (χ1) is 17.5. The van der Waals surface area contributed by atoms with Crippen LogP contribution in [0.3, 0.4) is 0 Å². The number of rotatable bonds is 8. The molecule has 190 valence electrons. The number of methoxy groups -OCH3 is 1. The lowest BCUT2D eigenvalue weighted by Crippen LogP contribution is -2.53. The van der Waals surface area contributed by atoms with Gasteiger partial charge in [0, 0.05) is 36.3 Å². The Morgan fingerprint density at radius 1 is 1.22 bits per heavy atom. The van der Waals surface area contributed by atoms with Crippen molar-refractivity contribution >= 4 is 34.5 Å². The molecule has 0 atom stereocenters. The highest BCUT2D eigenvalue weighted by atomic mass is 32.2. The van der Waals surface area contributed by atoms with Crippen LogP contribution in [0.5, 0.6) is 5.88 Å². The van der Waals surface area contributed by atoms with Gasteiger partial charge in [-0.15, -0.1) is 0 Å². The molecule has 10 nitrogen and oxygen atoms in total. The molecule has 1 fully saturated rings. The zero-order valence-corrected chi connectivity index (χ0v) is 20.7. The number of hydrogen-bond donors (Lipinski definition) is 4. The first-order valence-corrected chi connectivity index (χ1v) is 12.8. The molecule has 1 aliphatic carbocycles. The van der Waals surface area contributed by atoms with Gasteiger partial charge in [-0.1, -0.05) is 11.8 Å². The summed E-state index contributed by atoms with van der Waals surface area (Å²) in [5, 5.41) is 20.6. The van der Waals surface area contributed by atoms with Gasteiger partial charge >= 0.3 is 0 Å². The highest BCUT2D eigenvalue weighted by molar-refractivity contribution is 8.00. The molecule has 0 spiro atoms.